The first kappa shape index (κ1) is 17.8. The predicted molar refractivity (Wildman–Crippen MR) is 84.2 cm³/mol. The van der Waals surface area contributed by atoms with Gasteiger partial charge in [0.15, 0.2) is 0 Å². The first-order valence-corrected chi connectivity index (χ1v) is 8.03. The SMILES string of the molecule is CN(CC(=O)Nc1cccc(C(F)(F)F)c1)C1CCCCCC1. The van der Waals surface area contributed by atoms with Crippen LogP contribution in [0.3, 0.4) is 0 Å². The van der Waals surface area contributed by atoms with Gasteiger partial charge in [-0.25, -0.2) is 0 Å². The maximum atomic E-state index is 12.7. The van der Waals surface area contributed by atoms with E-state index in [1.807, 2.05) is 11.9 Å². The Morgan fingerprint density at radius 1 is 1.22 bits per heavy atom. The Balaban J connectivity index is 1.91. The molecule has 1 aromatic rings. The summed E-state index contributed by atoms with van der Waals surface area (Å²) in [5.41, 5.74) is -0.577. The number of nitrogens with zero attached hydrogens (tertiary/aromatic N) is 1. The molecule has 1 saturated carbocycles. The van der Waals surface area contributed by atoms with E-state index in [9.17, 15) is 18.0 Å². The number of halogens is 3. The monoisotopic (exact) mass is 328 g/mol. The number of carbonyl (C=O) groups excluding carboxylic acids is 1. The molecule has 0 unspecified atom stereocenters. The third kappa shape index (κ3) is 5.53. The zero-order valence-electron chi connectivity index (χ0n) is 13.3. The molecule has 0 aliphatic heterocycles. The number of likely N-dealkylation sites (N-methyl/N-ethyl adjacent to an activating group) is 1. The van der Waals surface area contributed by atoms with Gasteiger partial charge in [0.2, 0.25) is 5.91 Å². The minimum absolute atomic E-state index is 0.180. The van der Waals surface area contributed by atoms with Gasteiger partial charge in [-0.2, -0.15) is 13.2 Å². The lowest BCUT2D eigenvalue weighted by Crippen LogP contribution is -2.37. The van der Waals surface area contributed by atoms with Gasteiger partial charge in [0, 0.05) is 11.7 Å². The van der Waals surface area contributed by atoms with Crippen LogP contribution in [-0.4, -0.2) is 30.4 Å². The third-order valence-corrected chi connectivity index (χ3v) is 4.31. The van der Waals surface area contributed by atoms with Gasteiger partial charge >= 0.3 is 6.18 Å². The summed E-state index contributed by atoms with van der Waals surface area (Å²) in [5.74, 6) is -0.281. The van der Waals surface area contributed by atoms with Crippen LogP contribution < -0.4 is 5.32 Å². The highest BCUT2D eigenvalue weighted by Gasteiger charge is 2.30. The summed E-state index contributed by atoms with van der Waals surface area (Å²) in [5, 5.41) is 2.56. The number of anilines is 1. The predicted octanol–water partition coefficient (Wildman–Crippen LogP) is 4.30. The number of hydrogen-bond donors (Lipinski definition) is 1. The van der Waals surface area contributed by atoms with Crippen LogP contribution in [0.5, 0.6) is 0 Å². The first-order valence-electron chi connectivity index (χ1n) is 8.03. The number of amides is 1. The molecule has 128 valence electrons. The van der Waals surface area contributed by atoms with Crippen LogP contribution in [0.15, 0.2) is 24.3 Å². The summed E-state index contributed by atoms with van der Waals surface area (Å²) in [4.78, 5) is 14.1. The largest absolute Gasteiger partial charge is 0.416 e. The number of alkyl halides is 3. The molecule has 0 spiro atoms. The van der Waals surface area contributed by atoms with Gasteiger partial charge in [0.1, 0.15) is 0 Å². The zero-order chi connectivity index (χ0) is 16.9. The second-order valence-electron chi connectivity index (χ2n) is 6.19. The summed E-state index contributed by atoms with van der Waals surface area (Å²) in [6.45, 7) is 0.195. The van der Waals surface area contributed by atoms with Crippen molar-refractivity contribution >= 4 is 11.6 Å². The van der Waals surface area contributed by atoms with E-state index in [0.29, 0.717) is 6.04 Å². The molecule has 23 heavy (non-hydrogen) atoms. The van der Waals surface area contributed by atoms with Crippen LogP contribution in [0.1, 0.15) is 44.1 Å². The quantitative estimate of drug-likeness (QED) is 0.836. The Bertz CT molecular complexity index is 523. The van der Waals surface area contributed by atoms with E-state index in [2.05, 4.69) is 5.32 Å². The van der Waals surface area contributed by atoms with Crippen LogP contribution in [-0.2, 0) is 11.0 Å². The van der Waals surface area contributed by atoms with E-state index in [1.54, 1.807) is 0 Å². The average molecular weight is 328 g/mol. The van der Waals surface area contributed by atoms with Crippen molar-refractivity contribution in [3.8, 4) is 0 Å². The fraction of sp³-hybridized carbons (Fsp3) is 0.588. The van der Waals surface area contributed by atoms with Crippen molar-refractivity contribution in [2.75, 3.05) is 18.9 Å². The molecule has 0 bridgehead atoms. The summed E-state index contributed by atoms with van der Waals surface area (Å²) in [7, 11) is 1.90. The van der Waals surface area contributed by atoms with Gasteiger partial charge in [-0.15, -0.1) is 0 Å². The van der Waals surface area contributed by atoms with Gasteiger partial charge in [0.25, 0.3) is 0 Å². The van der Waals surface area contributed by atoms with Crippen molar-refractivity contribution in [3.05, 3.63) is 29.8 Å². The minimum atomic E-state index is -4.40. The van der Waals surface area contributed by atoms with Crippen LogP contribution >= 0.6 is 0 Å². The lowest BCUT2D eigenvalue weighted by atomic mass is 10.1. The zero-order valence-corrected chi connectivity index (χ0v) is 13.3. The minimum Gasteiger partial charge on any atom is -0.325 e. The number of rotatable bonds is 4. The highest BCUT2D eigenvalue weighted by atomic mass is 19.4. The lowest BCUT2D eigenvalue weighted by molar-refractivity contribution is -0.137. The number of hydrogen-bond acceptors (Lipinski definition) is 2. The third-order valence-electron chi connectivity index (χ3n) is 4.31. The van der Waals surface area contributed by atoms with Crippen LogP contribution in [0.25, 0.3) is 0 Å². The van der Waals surface area contributed by atoms with E-state index in [4.69, 9.17) is 0 Å². The molecule has 0 saturated heterocycles. The molecular formula is C17H23F3N2O. The van der Waals surface area contributed by atoms with Gasteiger partial charge in [-0.1, -0.05) is 31.7 Å². The van der Waals surface area contributed by atoms with E-state index < -0.39 is 11.7 Å². The van der Waals surface area contributed by atoms with Gasteiger partial charge in [-0.05, 0) is 38.1 Å². The number of carbonyl (C=O) groups is 1. The first-order chi connectivity index (χ1) is 10.9. The Labute approximate surface area is 134 Å². The molecule has 1 aliphatic carbocycles. The summed E-state index contributed by atoms with van der Waals surface area (Å²) >= 11 is 0. The summed E-state index contributed by atoms with van der Waals surface area (Å²) in [6, 6.07) is 5.10. The van der Waals surface area contributed by atoms with Crippen molar-refractivity contribution in [3.63, 3.8) is 0 Å². The average Bonchev–Trinajstić information content (AvgIpc) is 2.75. The molecule has 6 heteroatoms. The van der Waals surface area contributed by atoms with Crippen molar-refractivity contribution < 1.29 is 18.0 Å². The van der Waals surface area contributed by atoms with E-state index in [1.165, 1.54) is 37.8 Å². The van der Waals surface area contributed by atoms with Crippen LogP contribution in [0, 0.1) is 0 Å². The molecular weight excluding hydrogens is 305 g/mol. The number of nitrogens with one attached hydrogen (secondary N) is 1. The van der Waals surface area contributed by atoms with Crippen LogP contribution in [0.2, 0.25) is 0 Å². The van der Waals surface area contributed by atoms with Crippen LogP contribution in [0.4, 0.5) is 18.9 Å². The Hall–Kier alpha value is -1.56. The van der Waals surface area contributed by atoms with Gasteiger partial charge < -0.3 is 5.32 Å². The van der Waals surface area contributed by atoms with Gasteiger partial charge in [-0.3, -0.25) is 9.69 Å². The second-order valence-corrected chi connectivity index (χ2v) is 6.19. The molecule has 3 nitrogen and oxygen atoms in total. The molecule has 1 fully saturated rings. The molecule has 0 atom stereocenters. The Kier molecular flexibility index (Phi) is 6.04. The molecule has 1 N–H and O–H groups in total. The molecule has 0 heterocycles. The smallest absolute Gasteiger partial charge is 0.325 e. The van der Waals surface area contributed by atoms with E-state index >= 15 is 0 Å². The summed E-state index contributed by atoms with van der Waals surface area (Å²) in [6.07, 6.45) is 2.56. The highest BCUT2D eigenvalue weighted by molar-refractivity contribution is 5.92. The molecule has 0 aromatic heterocycles. The van der Waals surface area contributed by atoms with E-state index in [0.717, 1.165) is 25.0 Å². The number of benzene rings is 1. The normalized spacial score (nSPS) is 17.1. The lowest BCUT2D eigenvalue weighted by Gasteiger charge is -2.26. The molecule has 1 aromatic carbocycles. The van der Waals surface area contributed by atoms with Crippen molar-refractivity contribution in [2.24, 2.45) is 0 Å². The molecule has 1 aliphatic rings. The molecule has 0 radical (unpaired) electrons. The topological polar surface area (TPSA) is 32.3 Å². The van der Waals surface area contributed by atoms with Crippen molar-refractivity contribution in [1.82, 2.24) is 4.90 Å². The standard InChI is InChI=1S/C17H23F3N2O/c1-22(15-9-4-2-3-5-10-15)12-16(23)21-14-8-6-7-13(11-14)17(18,19)20/h6-8,11,15H,2-5,9-10,12H2,1H3,(H,21,23). The maximum absolute atomic E-state index is 12.7. The maximum Gasteiger partial charge on any atom is 0.416 e. The van der Waals surface area contributed by atoms with Crippen molar-refractivity contribution in [1.29, 1.82) is 0 Å². The Morgan fingerprint density at radius 2 is 1.87 bits per heavy atom. The Morgan fingerprint density at radius 3 is 2.48 bits per heavy atom. The van der Waals surface area contributed by atoms with Crippen molar-refractivity contribution in [2.45, 2.75) is 50.7 Å². The van der Waals surface area contributed by atoms with E-state index in [-0.39, 0.29) is 18.1 Å². The summed E-state index contributed by atoms with van der Waals surface area (Å²) < 4.78 is 38.0. The highest BCUT2D eigenvalue weighted by Crippen LogP contribution is 2.30. The molecule has 1 amide bonds. The molecule has 2 rings (SSSR count). The fourth-order valence-electron chi connectivity index (χ4n) is 3.03. The van der Waals surface area contributed by atoms with Gasteiger partial charge in [0.05, 0.1) is 12.1 Å². The second kappa shape index (κ2) is 7.81. The fourth-order valence-corrected chi connectivity index (χ4v) is 3.03.